The Morgan fingerprint density at radius 3 is 2.67 bits per heavy atom. The van der Waals surface area contributed by atoms with E-state index in [1.807, 2.05) is 4.98 Å². The largest absolute Gasteiger partial charge is 0.453 e. The molecule has 0 bridgehead atoms. The van der Waals surface area contributed by atoms with Gasteiger partial charge in [0.1, 0.15) is 6.10 Å². The highest BCUT2D eigenvalue weighted by Crippen LogP contribution is 2.32. The predicted molar refractivity (Wildman–Crippen MR) is 69.7 cm³/mol. The van der Waals surface area contributed by atoms with Crippen LogP contribution in [0.5, 0.6) is 0 Å². The Morgan fingerprint density at radius 1 is 1.62 bits per heavy atom. The molecule has 0 radical (unpaired) electrons. The number of carbonyl (C=O) groups excluding carboxylic acids is 1. The second-order valence-corrected chi connectivity index (χ2v) is 4.58. The molecule has 10 heteroatoms. The first-order valence-corrected chi connectivity index (χ1v) is 6.13. The highest BCUT2D eigenvalue weighted by molar-refractivity contribution is 6.21. The molecule has 0 aliphatic rings. The number of nitrogens with zero attached hydrogens (tertiary/aromatic N) is 1. The molecule has 0 aliphatic carbocycles. The lowest BCUT2D eigenvalue weighted by Crippen LogP contribution is -2.52. The normalized spacial score (nSPS) is 16.8. The molecule has 0 spiro atoms. The van der Waals surface area contributed by atoms with Gasteiger partial charge in [-0.05, 0) is 0 Å². The van der Waals surface area contributed by atoms with Gasteiger partial charge in [0.2, 0.25) is 0 Å². The van der Waals surface area contributed by atoms with Crippen LogP contribution in [0.15, 0.2) is 21.9 Å². The lowest BCUT2D eigenvalue weighted by molar-refractivity contribution is -0.173. The summed E-state index contributed by atoms with van der Waals surface area (Å²) in [6.45, 7) is 0.282. The number of H-pyrrole nitrogens is 1. The van der Waals surface area contributed by atoms with Gasteiger partial charge >= 0.3 is 16.9 Å². The van der Waals surface area contributed by atoms with Crippen LogP contribution >= 0.6 is 11.6 Å². The summed E-state index contributed by atoms with van der Waals surface area (Å²) in [5.41, 5.74) is -1.90. The van der Waals surface area contributed by atoms with E-state index in [-0.39, 0.29) is 0 Å². The minimum absolute atomic E-state index is 0.325. The van der Waals surface area contributed by atoms with Gasteiger partial charge in [-0.15, -0.1) is 0 Å². The molecular weight excluding hydrogens is 311 g/mol. The molecule has 0 saturated carbocycles. The first kappa shape index (κ1) is 17.3. The van der Waals surface area contributed by atoms with Crippen molar-refractivity contribution < 1.29 is 23.8 Å². The second-order valence-electron chi connectivity index (χ2n) is 4.05. The molecule has 0 amide bonds. The zero-order valence-electron chi connectivity index (χ0n) is 11.2. The van der Waals surface area contributed by atoms with Crippen LogP contribution in [0.2, 0.25) is 0 Å². The number of aliphatic hydroxyl groups is 1. The first-order valence-electron chi connectivity index (χ1n) is 5.75. The van der Waals surface area contributed by atoms with Crippen molar-refractivity contribution >= 4 is 17.6 Å². The summed E-state index contributed by atoms with van der Waals surface area (Å²) in [4.78, 5) is 35.5. The molecule has 118 valence electrons. The number of hydrogen-bond acceptors (Lipinski definition) is 6. The molecule has 0 saturated heterocycles. The number of alkyl halides is 2. The molecule has 1 aromatic rings. The van der Waals surface area contributed by atoms with Crippen LogP contribution in [0.25, 0.3) is 0 Å². The van der Waals surface area contributed by atoms with Gasteiger partial charge in [-0.1, -0.05) is 11.6 Å². The second kappa shape index (κ2) is 6.83. The summed E-state index contributed by atoms with van der Waals surface area (Å²) < 4.78 is 24.6. The van der Waals surface area contributed by atoms with E-state index >= 15 is 0 Å². The van der Waals surface area contributed by atoms with Gasteiger partial charge in [0.05, 0.1) is 6.61 Å². The van der Waals surface area contributed by atoms with E-state index in [0.29, 0.717) is 4.57 Å². The zero-order valence-corrected chi connectivity index (χ0v) is 12.0. The lowest BCUT2D eigenvalue weighted by Gasteiger charge is -2.32. The van der Waals surface area contributed by atoms with Crippen molar-refractivity contribution in [2.45, 2.75) is 24.4 Å². The average molecular weight is 325 g/mol. The van der Waals surface area contributed by atoms with Crippen molar-refractivity contribution in [1.82, 2.24) is 9.55 Å². The number of aromatic nitrogens is 2. The maximum absolute atomic E-state index is 14.8. The van der Waals surface area contributed by atoms with Crippen LogP contribution in [0.3, 0.4) is 0 Å². The van der Waals surface area contributed by atoms with E-state index in [2.05, 4.69) is 0 Å². The number of hydrogen-bond donors (Lipinski definition) is 2. The molecule has 1 rings (SSSR count). The third kappa shape index (κ3) is 3.90. The van der Waals surface area contributed by atoms with E-state index in [1.165, 1.54) is 0 Å². The minimum Gasteiger partial charge on any atom is -0.453 e. The molecule has 1 heterocycles. The molecule has 1 aromatic heterocycles. The van der Waals surface area contributed by atoms with Crippen molar-refractivity contribution in [3.63, 3.8) is 0 Å². The van der Waals surface area contributed by atoms with Crippen LogP contribution in [-0.2, 0) is 19.5 Å². The summed E-state index contributed by atoms with van der Waals surface area (Å²) in [6, 6.07) is 0.865. The highest BCUT2D eigenvalue weighted by Gasteiger charge is 2.47. The van der Waals surface area contributed by atoms with Crippen LogP contribution in [0.4, 0.5) is 4.39 Å². The van der Waals surface area contributed by atoms with E-state index in [0.717, 1.165) is 26.3 Å². The molecular formula is C11H14ClFN2O6. The summed E-state index contributed by atoms with van der Waals surface area (Å²) in [5.74, 6) is -0.893. The Kier molecular flexibility index (Phi) is 5.64. The number of nitrogens with one attached hydrogen (secondary N) is 1. The third-order valence-electron chi connectivity index (χ3n) is 2.60. The summed E-state index contributed by atoms with van der Waals surface area (Å²) >= 11 is 5.69. The Labute approximate surface area is 123 Å². The number of ether oxygens (including phenoxy) is 2. The van der Waals surface area contributed by atoms with Crippen molar-refractivity contribution in [3.05, 3.63) is 33.1 Å². The topological polar surface area (TPSA) is 111 Å². The summed E-state index contributed by atoms with van der Waals surface area (Å²) in [5, 5.41) is 6.07. The van der Waals surface area contributed by atoms with Gasteiger partial charge in [-0.2, -0.15) is 4.39 Å². The first-order chi connectivity index (χ1) is 9.73. The number of methoxy groups -OCH3 is 1. The van der Waals surface area contributed by atoms with Crippen LogP contribution in [0.1, 0.15) is 6.92 Å². The van der Waals surface area contributed by atoms with Crippen LogP contribution in [0, 0.1) is 0 Å². The maximum Gasteiger partial charge on any atom is 0.331 e. The van der Waals surface area contributed by atoms with Crippen molar-refractivity contribution in [2.24, 2.45) is 0 Å². The number of esters is 1. The summed E-state index contributed by atoms with van der Waals surface area (Å²) in [7, 11) is 1.14. The Hall–Kier alpha value is -1.71. The molecule has 0 aromatic carbocycles. The monoisotopic (exact) mass is 324 g/mol. The maximum atomic E-state index is 14.8. The quantitative estimate of drug-likeness (QED) is 0.528. The molecule has 21 heavy (non-hydrogen) atoms. The van der Waals surface area contributed by atoms with Gasteiger partial charge in [-0.3, -0.25) is 19.1 Å². The highest BCUT2D eigenvalue weighted by atomic mass is 35.5. The Morgan fingerprint density at radius 2 is 2.24 bits per heavy atom. The van der Waals surface area contributed by atoms with E-state index < -0.39 is 41.3 Å². The number of carbonyl (C=O) groups is 1. The molecule has 0 unspecified atom stereocenters. The number of aliphatic hydroxyl groups excluding tert-OH is 1. The van der Waals surface area contributed by atoms with Crippen molar-refractivity contribution in [2.75, 3.05) is 13.7 Å². The Balaban J connectivity index is 3.34. The SMILES string of the molecule is CO[C@H](CO)[C@@H](OC(C)=O)[C@](F)(Cl)n1ccc(=O)[nH]c1=O. The molecule has 2 N–H and O–H groups in total. The summed E-state index contributed by atoms with van der Waals surface area (Å²) in [6.07, 6.45) is -2.35. The fraction of sp³-hybridized carbons (Fsp3) is 0.545. The van der Waals surface area contributed by atoms with E-state index in [9.17, 15) is 18.8 Å². The fourth-order valence-corrected chi connectivity index (χ4v) is 1.95. The smallest absolute Gasteiger partial charge is 0.331 e. The Bertz CT molecular complexity index is 609. The average Bonchev–Trinajstić information content (AvgIpc) is 2.38. The fourth-order valence-electron chi connectivity index (χ4n) is 1.63. The van der Waals surface area contributed by atoms with Gasteiger partial charge in [0.25, 0.3) is 5.56 Å². The number of halogens is 2. The molecule has 0 fully saturated rings. The van der Waals surface area contributed by atoms with Crippen LogP contribution < -0.4 is 11.2 Å². The van der Waals surface area contributed by atoms with E-state index in [4.69, 9.17) is 26.2 Å². The lowest BCUT2D eigenvalue weighted by atomic mass is 10.2. The van der Waals surface area contributed by atoms with Crippen molar-refractivity contribution in [1.29, 1.82) is 0 Å². The zero-order chi connectivity index (χ0) is 16.2. The number of rotatable bonds is 6. The molecule has 8 nitrogen and oxygen atoms in total. The van der Waals surface area contributed by atoms with Crippen molar-refractivity contribution in [3.8, 4) is 0 Å². The van der Waals surface area contributed by atoms with Gasteiger partial charge in [0, 0.05) is 26.3 Å². The predicted octanol–water partition coefficient (Wildman–Crippen LogP) is -0.706. The standard InChI is InChI=1S/C11H14ClFN2O6/c1-6(17)21-9(7(5-16)20-2)11(12,13)15-4-3-8(18)14-10(15)19/h3-4,7,9,16H,5H2,1-2H3,(H,14,18,19)/t7-,9-,11-/m1/s1. The molecule has 3 atom stereocenters. The van der Waals surface area contributed by atoms with E-state index in [1.54, 1.807) is 0 Å². The molecule has 0 aliphatic heterocycles. The van der Waals surface area contributed by atoms with Gasteiger partial charge in [-0.25, -0.2) is 4.79 Å². The van der Waals surface area contributed by atoms with Crippen LogP contribution in [-0.4, -0.2) is 46.6 Å². The number of aromatic amines is 1. The third-order valence-corrected chi connectivity index (χ3v) is 3.00. The van der Waals surface area contributed by atoms with Gasteiger partial charge in [0.15, 0.2) is 6.10 Å². The van der Waals surface area contributed by atoms with Gasteiger partial charge < -0.3 is 14.6 Å². The minimum atomic E-state index is -3.07.